The van der Waals surface area contributed by atoms with Gasteiger partial charge in [0.1, 0.15) is 19.8 Å². The van der Waals surface area contributed by atoms with E-state index in [0.29, 0.717) is 23.9 Å². The van der Waals surface area contributed by atoms with Gasteiger partial charge in [-0.3, -0.25) is 14.2 Å². The Kier molecular flexibility index (Phi) is 56.0. The number of esters is 2. The fourth-order valence-electron chi connectivity index (χ4n) is 7.82. The average Bonchev–Trinajstić information content (AvgIpc) is 3.42. The van der Waals surface area contributed by atoms with Crippen LogP contribution >= 0.6 is 7.82 Å². The van der Waals surface area contributed by atoms with Crippen LogP contribution in [0, 0.1) is 0 Å². The minimum Gasteiger partial charge on any atom is -0.756 e. The third-order valence-electron chi connectivity index (χ3n) is 12.5. The zero-order valence-corrected chi connectivity index (χ0v) is 52.1. The second kappa shape index (κ2) is 59.3. The summed E-state index contributed by atoms with van der Waals surface area (Å²) in [5.41, 5.74) is 0. The second-order valence-electron chi connectivity index (χ2n) is 21.3. The van der Waals surface area contributed by atoms with Crippen LogP contribution in [0.3, 0.4) is 0 Å². The van der Waals surface area contributed by atoms with E-state index in [-0.39, 0.29) is 26.1 Å². The summed E-state index contributed by atoms with van der Waals surface area (Å²) >= 11 is 0. The highest BCUT2D eigenvalue weighted by atomic mass is 31.2. The minimum atomic E-state index is -4.65. The molecule has 0 saturated heterocycles. The Balaban J connectivity index is 4.07. The molecule has 0 spiro atoms. The fourth-order valence-corrected chi connectivity index (χ4v) is 8.54. The van der Waals surface area contributed by atoms with Crippen molar-refractivity contribution in [2.75, 3.05) is 47.5 Å². The van der Waals surface area contributed by atoms with Crippen LogP contribution in [0.5, 0.6) is 0 Å². The predicted molar refractivity (Wildman–Crippen MR) is 341 cm³/mol. The van der Waals surface area contributed by atoms with Gasteiger partial charge in [0.25, 0.3) is 7.82 Å². The molecular formula is C70H114NO8P. The van der Waals surface area contributed by atoms with Crippen molar-refractivity contribution in [3.05, 3.63) is 158 Å². The van der Waals surface area contributed by atoms with Gasteiger partial charge in [-0.05, 0) is 122 Å². The van der Waals surface area contributed by atoms with Crippen LogP contribution in [-0.4, -0.2) is 70.0 Å². The number of phosphoric ester groups is 1. The summed E-state index contributed by atoms with van der Waals surface area (Å²) in [5, 5.41) is 0. The lowest BCUT2D eigenvalue weighted by atomic mass is 10.0. The quantitative estimate of drug-likeness (QED) is 0.0195. The van der Waals surface area contributed by atoms with Crippen LogP contribution in [0.2, 0.25) is 0 Å². The molecule has 0 bridgehead atoms. The summed E-state index contributed by atoms with van der Waals surface area (Å²) in [7, 11) is 1.12. The van der Waals surface area contributed by atoms with E-state index in [9.17, 15) is 19.0 Å². The standard InChI is InChI=1S/C70H114NO8P/c1-6-8-10-12-14-16-18-20-22-23-24-25-26-27-28-29-30-31-32-33-34-35-36-37-38-39-40-41-42-43-44-45-46-47-49-51-53-55-57-59-61-63-70(73)79-68(67-78-80(74,75)77-65-64-71(3,4)5)66-76-69(72)62-60-58-56-54-52-50-48-21-19-17-15-13-11-9-7-2/h8-11,14-17,20-22,24-25,27-28,30-31,33-34,36-37,39-40,48,52,54,68H,6-7,12-13,18-19,23,26,29,32,35,38,41-47,49-51,53,55-67H2,1-5H3/b10-8-,11-9-,16-14-,17-15-,22-20-,25-24-,28-27-,31-30-,34-33-,37-36-,40-39-,48-21-,54-52-. The molecule has 80 heavy (non-hydrogen) atoms. The van der Waals surface area contributed by atoms with Crippen molar-refractivity contribution in [2.45, 2.75) is 225 Å². The Hall–Kier alpha value is -4.37. The number of carbonyl (C=O) groups excluding carboxylic acids is 2. The van der Waals surface area contributed by atoms with Crippen molar-refractivity contribution in [3.8, 4) is 0 Å². The number of ether oxygens (including phenoxy) is 2. The number of quaternary nitrogens is 1. The van der Waals surface area contributed by atoms with E-state index in [0.717, 1.165) is 116 Å². The van der Waals surface area contributed by atoms with Crippen molar-refractivity contribution < 1.29 is 42.1 Å². The van der Waals surface area contributed by atoms with Crippen LogP contribution in [0.15, 0.2) is 158 Å². The Morgan fingerprint density at radius 3 is 1.02 bits per heavy atom. The second-order valence-corrected chi connectivity index (χ2v) is 22.7. The van der Waals surface area contributed by atoms with Crippen LogP contribution in [0.4, 0.5) is 0 Å². The van der Waals surface area contributed by atoms with Gasteiger partial charge < -0.3 is 27.9 Å². The van der Waals surface area contributed by atoms with E-state index >= 15 is 0 Å². The van der Waals surface area contributed by atoms with E-state index in [1.165, 1.54) is 64.2 Å². The van der Waals surface area contributed by atoms with Crippen LogP contribution in [-0.2, 0) is 32.7 Å². The van der Waals surface area contributed by atoms with Gasteiger partial charge in [-0.2, -0.15) is 0 Å². The molecule has 0 radical (unpaired) electrons. The molecule has 10 heteroatoms. The maximum Gasteiger partial charge on any atom is 0.306 e. The largest absolute Gasteiger partial charge is 0.756 e. The molecule has 9 nitrogen and oxygen atoms in total. The van der Waals surface area contributed by atoms with E-state index in [1.54, 1.807) is 0 Å². The minimum absolute atomic E-state index is 0.0451. The Labute approximate surface area is 490 Å². The molecule has 2 atom stereocenters. The number of nitrogens with zero attached hydrogens (tertiary/aromatic N) is 1. The third-order valence-corrected chi connectivity index (χ3v) is 13.5. The van der Waals surface area contributed by atoms with Crippen molar-refractivity contribution in [2.24, 2.45) is 0 Å². The third kappa shape index (κ3) is 62.8. The molecule has 0 aromatic carbocycles. The lowest BCUT2D eigenvalue weighted by Gasteiger charge is -2.28. The molecule has 0 aliphatic carbocycles. The fraction of sp³-hybridized carbons (Fsp3) is 0.600. The number of hydrogen-bond acceptors (Lipinski definition) is 8. The normalized spacial score (nSPS) is 14.3. The molecule has 0 fully saturated rings. The Bertz CT molecular complexity index is 1900. The zero-order valence-electron chi connectivity index (χ0n) is 51.2. The summed E-state index contributed by atoms with van der Waals surface area (Å²) in [6.45, 7) is 3.94. The topological polar surface area (TPSA) is 111 Å². The van der Waals surface area contributed by atoms with Gasteiger partial charge in [0.15, 0.2) is 6.10 Å². The first-order valence-corrected chi connectivity index (χ1v) is 32.7. The van der Waals surface area contributed by atoms with E-state index in [4.69, 9.17) is 18.5 Å². The molecule has 0 N–H and O–H groups in total. The summed E-state index contributed by atoms with van der Waals surface area (Å²) in [4.78, 5) is 37.8. The molecule has 452 valence electrons. The molecule has 0 aliphatic heterocycles. The molecule has 0 aliphatic rings. The molecular weight excluding hydrogens is 1010 g/mol. The number of unbranched alkanes of at least 4 members (excludes halogenated alkanes) is 15. The molecule has 2 unspecified atom stereocenters. The summed E-state index contributed by atoms with van der Waals surface area (Å²) < 4.78 is 34.1. The molecule has 0 aromatic heterocycles. The Morgan fingerprint density at radius 2 is 0.675 bits per heavy atom. The lowest BCUT2D eigenvalue weighted by molar-refractivity contribution is -0.870. The number of phosphoric acid groups is 1. The number of carbonyl (C=O) groups is 2. The molecule has 0 heterocycles. The first-order valence-electron chi connectivity index (χ1n) is 31.2. The van der Waals surface area contributed by atoms with Crippen molar-refractivity contribution >= 4 is 19.8 Å². The number of hydrogen-bond donors (Lipinski definition) is 0. The van der Waals surface area contributed by atoms with E-state index in [2.05, 4.69) is 172 Å². The van der Waals surface area contributed by atoms with Crippen molar-refractivity contribution in [1.82, 2.24) is 0 Å². The van der Waals surface area contributed by atoms with E-state index < -0.39 is 32.5 Å². The van der Waals surface area contributed by atoms with Crippen LogP contribution in [0.1, 0.15) is 219 Å². The van der Waals surface area contributed by atoms with Crippen LogP contribution in [0.25, 0.3) is 0 Å². The molecule has 0 aromatic rings. The highest BCUT2D eigenvalue weighted by Crippen LogP contribution is 2.38. The van der Waals surface area contributed by atoms with Gasteiger partial charge in [0.05, 0.1) is 27.7 Å². The first kappa shape index (κ1) is 75.6. The lowest BCUT2D eigenvalue weighted by Crippen LogP contribution is -2.37. The van der Waals surface area contributed by atoms with Crippen molar-refractivity contribution in [3.63, 3.8) is 0 Å². The molecule has 0 rings (SSSR count). The summed E-state index contributed by atoms with van der Waals surface area (Å²) in [6.07, 6.45) is 88.9. The number of allylic oxidation sites excluding steroid dienone is 26. The van der Waals surface area contributed by atoms with E-state index in [1.807, 2.05) is 21.1 Å². The van der Waals surface area contributed by atoms with Gasteiger partial charge in [-0.25, -0.2) is 0 Å². The monoisotopic (exact) mass is 1130 g/mol. The number of rotatable bonds is 55. The summed E-state index contributed by atoms with van der Waals surface area (Å²) in [6, 6.07) is 0. The highest BCUT2D eigenvalue weighted by molar-refractivity contribution is 7.45. The van der Waals surface area contributed by atoms with Crippen molar-refractivity contribution in [1.29, 1.82) is 0 Å². The van der Waals surface area contributed by atoms with Crippen LogP contribution < -0.4 is 4.89 Å². The maximum absolute atomic E-state index is 12.8. The molecule has 0 amide bonds. The summed E-state index contributed by atoms with van der Waals surface area (Å²) in [5.74, 6) is -0.893. The highest BCUT2D eigenvalue weighted by Gasteiger charge is 2.21. The van der Waals surface area contributed by atoms with Gasteiger partial charge >= 0.3 is 11.9 Å². The van der Waals surface area contributed by atoms with Gasteiger partial charge in [-0.15, -0.1) is 0 Å². The average molecular weight is 1130 g/mol. The Morgan fingerprint density at radius 1 is 0.388 bits per heavy atom. The zero-order chi connectivity index (χ0) is 58.4. The van der Waals surface area contributed by atoms with Gasteiger partial charge in [-0.1, -0.05) is 242 Å². The van der Waals surface area contributed by atoms with Gasteiger partial charge in [0.2, 0.25) is 0 Å². The molecule has 0 saturated carbocycles. The van der Waals surface area contributed by atoms with Gasteiger partial charge in [0, 0.05) is 12.8 Å². The SMILES string of the molecule is CC/C=C\C/C=C\C/C=C\C/C=C\C/C=C\C/C=C\C/C=C\C/C=C\C/C=C\CCCCCCCCCCCCCCCC(=O)OC(COC(=O)CCCC/C=C\C/C=C\C/C=C\C/C=C\CC)COP(=O)([O-])OCC[N+](C)(C)C. The maximum atomic E-state index is 12.8. The smallest absolute Gasteiger partial charge is 0.306 e. The predicted octanol–water partition coefficient (Wildman–Crippen LogP) is 19.4. The first-order chi connectivity index (χ1) is 39.0. The number of likely N-dealkylation sites (N-methyl/N-ethyl adjacent to an activating group) is 1.